The van der Waals surface area contributed by atoms with Crippen LogP contribution in [-0.2, 0) is 0 Å². The highest BCUT2D eigenvalue weighted by atomic mass is 16.6. The van der Waals surface area contributed by atoms with E-state index in [0.29, 0.717) is 5.39 Å². The average Bonchev–Trinajstić information content (AvgIpc) is 2.89. The van der Waals surface area contributed by atoms with Gasteiger partial charge in [0, 0.05) is 30.2 Å². The van der Waals surface area contributed by atoms with Crippen molar-refractivity contribution in [2.24, 2.45) is 0 Å². The summed E-state index contributed by atoms with van der Waals surface area (Å²) in [5.41, 5.74) is 2.59. The Morgan fingerprint density at radius 1 is 1.20 bits per heavy atom. The number of nitrogens with zero attached hydrogens (tertiary/aromatic N) is 2. The summed E-state index contributed by atoms with van der Waals surface area (Å²) in [7, 11) is 0. The fraction of sp³-hybridized carbons (Fsp3) is 0. The van der Waals surface area contributed by atoms with Gasteiger partial charge in [-0.1, -0.05) is 24.3 Å². The quantitative estimate of drug-likeness (QED) is 0.580. The van der Waals surface area contributed by atoms with Crippen molar-refractivity contribution < 1.29 is 4.92 Å². The summed E-state index contributed by atoms with van der Waals surface area (Å²) in [4.78, 5) is 17.8. The highest BCUT2D eigenvalue weighted by Gasteiger charge is 2.14. The molecule has 0 amide bonds. The zero-order valence-electron chi connectivity index (χ0n) is 10.5. The summed E-state index contributed by atoms with van der Waals surface area (Å²) in [5, 5.41) is 11.7. The monoisotopic (exact) mass is 265 g/mol. The number of nitrogens with one attached hydrogen (secondary N) is 1. The number of H-pyrrole nitrogens is 1. The summed E-state index contributed by atoms with van der Waals surface area (Å²) in [6.45, 7) is 0. The topological polar surface area (TPSA) is 71.8 Å². The molecule has 0 aliphatic heterocycles. The highest BCUT2D eigenvalue weighted by molar-refractivity contribution is 5.97. The summed E-state index contributed by atoms with van der Waals surface area (Å²) >= 11 is 0. The molecule has 5 nitrogen and oxygen atoms in total. The lowest BCUT2D eigenvalue weighted by molar-refractivity contribution is -0.383. The third kappa shape index (κ3) is 2.16. The minimum absolute atomic E-state index is 0.106. The van der Waals surface area contributed by atoms with Gasteiger partial charge in [0.05, 0.1) is 15.8 Å². The Kier molecular flexibility index (Phi) is 3.01. The predicted octanol–water partition coefficient (Wildman–Crippen LogP) is 3.64. The normalized spacial score (nSPS) is 11.2. The average molecular weight is 265 g/mol. The molecule has 0 bridgehead atoms. The Balaban J connectivity index is 2.09. The number of pyridine rings is 1. The van der Waals surface area contributed by atoms with Gasteiger partial charge in [-0.2, -0.15) is 0 Å². The molecule has 1 N–H and O–H groups in total. The van der Waals surface area contributed by atoms with Crippen LogP contribution in [0.2, 0.25) is 0 Å². The van der Waals surface area contributed by atoms with Crippen molar-refractivity contribution in [3.63, 3.8) is 0 Å². The molecule has 0 saturated carbocycles. The second-order valence-corrected chi connectivity index (χ2v) is 4.32. The number of fused-ring (bicyclic) bond motifs is 1. The lowest BCUT2D eigenvalue weighted by Crippen LogP contribution is -1.88. The van der Waals surface area contributed by atoms with E-state index in [0.717, 1.165) is 16.6 Å². The Labute approximate surface area is 114 Å². The van der Waals surface area contributed by atoms with Gasteiger partial charge in [-0.05, 0) is 17.7 Å². The molecule has 3 rings (SSSR count). The van der Waals surface area contributed by atoms with Gasteiger partial charge in [0.1, 0.15) is 0 Å². The molecule has 0 aliphatic rings. The molecular weight excluding hydrogens is 254 g/mol. The van der Waals surface area contributed by atoms with Gasteiger partial charge >= 0.3 is 0 Å². The lowest BCUT2D eigenvalue weighted by atomic mass is 10.1. The zero-order chi connectivity index (χ0) is 13.9. The van der Waals surface area contributed by atoms with Gasteiger partial charge < -0.3 is 4.98 Å². The number of aromatic nitrogens is 2. The molecular formula is C15H11N3O2. The van der Waals surface area contributed by atoms with Gasteiger partial charge in [0.2, 0.25) is 0 Å². The number of hydrogen-bond donors (Lipinski definition) is 1. The molecule has 0 spiro atoms. The lowest BCUT2D eigenvalue weighted by Gasteiger charge is -1.96. The molecule has 5 heteroatoms. The maximum absolute atomic E-state index is 11.1. The van der Waals surface area contributed by atoms with Gasteiger partial charge in [0.25, 0.3) is 5.69 Å². The number of nitro groups is 1. The molecule has 2 heterocycles. The predicted molar refractivity (Wildman–Crippen MR) is 78.1 cm³/mol. The molecule has 3 aromatic rings. The van der Waals surface area contributed by atoms with Crippen molar-refractivity contribution in [3.8, 4) is 0 Å². The van der Waals surface area contributed by atoms with Crippen molar-refractivity contribution in [2.45, 2.75) is 0 Å². The van der Waals surface area contributed by atoms with Crippen LogP contribution in [0, 0.1) is 10.1 Å². The van der Waals surface area contributed by atoms with Crippen LogP contribution in [0.5, 0.6) is 0 Å². The van der Waals surface area contributed by atoms with Crippen molar-refractivity contribution in [2.75, 3.05) is 0 Å². The standard InChI is InChI=1S/C15H11N3O2/c19-18(20)14-5-1-4-13-15(14)12(10-17-13)7-6-11-3-2-8-16-9-11/h1-10,17H/b7-6+. The zero-order valence-corrected chi connectivity index (χ0v) is 10.5. The number of aromatic amines is 1. The van der Waals surface area contributed by atoms with Crippen molar-refractivity contribution >= 4 is 28.7 Å². The van der Waals surface area contributed by atoms with Crippen LogP contribution in [0.25, 0.3) is 23.1 Å². The number of rotatable bonds is 3. The maximum atomic E-state index is 11.1. The third-order valence-electron chi connectivity index (χ3n) is 3.05. The molecule has 20 heavy (non-hydrogen) atoms. The first-order valence-electron chi connectivity index (χ1n) is 6.08. The van der Waals surface area contributed by atoms with Crippen LogP contribution >= 0.6 is 0 Å². The molecule has 2 aromatic heterocycles. The first kappa shape index (κ1) is 12.1. The van der Waals surface area contributed by atoms with E-state index >= 15 is 0 Å². The number of benzene rings is 1. The molecule has 0 fully saturated rings. The second kappa shape index (κ2) is 4.97. The molecule has 0 atom stereocenters. The molecule has 0 aliphatic carbocycles. The van der Waals surface area contributed by atoms with Crippen molar-refractivity contribution in [1.82, 2.24) is 9.97 Å². The summed E-state index contributed by atoms with van der Waals surface area (Å²) in [6.07, 6.45) is 8.94. The summed E-state index contributed by atoms with van der Waals surface area (Å²) in [5.74, 6) is 0. The number of nitro benzene ring substituents is 1. The van der Waals surface area contributed by atoms with Crippen LogP contribution in [0.3, 0.4) is 0 Å². The van der Waals surface area contributed by atoms with Crippen LogP contribution < -0.4 is 0 Å². The first-order valence-corrected chi connectivity index (χ1v) is 6.08. The summed E-state index contributed by atoms with van der Waals surface area (Å²) in [6, 6.07) is 8.77. The molecule has 0 radical (unpaired) electrons. The van der Waals surface area contributed by atoms with E-state index < -0.39 is 0 Å². The number of non-ortho nitro benzene ring substituents is 1. The van der Waals surface area contributed by atoms with Crippen LogP contribution in [0.1, 0.15) is 11.1 Å². The molecule has 98 valence electrons. The fourth-order valence-corrected chi connectivity index (χ4v) is 2.14. The Bertz CT molecular complexity index is 791. The van der Waals surface area contributed by atoms with E-state index in [1.807, 2.05) is 30.4 Å². The van der Waals surface area contributed by atoms with Gasteiger partial charge in [0.15, 0.2) is 0 Å². The molecule has 1 aromatic carbocycles. The van der Waals surface area contributed by atoms with E-state index in [4.69, 9.17) is 0 Å². The van der Waals surface area contributed by atoms with Crippen LogP contribution in [-0.4, -0.2) is 14.9 Å². The Morgan fingerprint density at radius 2 is 2.10 bits per heavy atom. The Hall–Kier alpha value is -2.95. The first-order chi connectivity index (χ1) is 9.75. The second-order valence-electron chi connectivity index (χ2n) is 4.32. The smallest absolute Gasteiger partial charge is 0.279 e. The summed E-state index contributed by atoms with van der Waals surface area (Å²) < 4.78 is 0. The van der Waals surface area contributed by atoms with E-state index in [1.165, 1.54) is 6.07 Å². The van der Waals surface area contributed by atoms with Crippen molar-refractivity contribution in [3.05, 3.63) is 70.2 Å². The van der Waals surface area contributed by atoms with E-state index in [1.54, 1.807) is 24.7 Å². The minimum atomic E-state index is -0.364. The van der Waals surface area contributed by atoms with E-state index in [9.17, 15) is 10.1 Å². The van der Waals surface area contributed by atoms with E-state index in [2.05, 4.69) is 9.97 Å². The minimum Gasteiger partial charge on any atom is -0.360 e. The largest absolute Gasteiger partial charge is 0.360 e. The van der Waals surface area contributed by atoms with Gasteiger partial charge in [-0.15, -0.1) is 0 Å². The van der Waals surface area contributed by atoms with Crippen molar-refractivity contribution in [1.29, 1.82) is 0 Å². The Morgan fingerprint density at radius 3 is 2.85 bits per heavy atom. The van der Waals surface area contributed by atoms with Gasteiger partial charge in [-0.25, -0.2) is 0 Å². The molecule has 0 saturated heterocycles. The fourth-order valence-electron chi connectivity index (χ4n) is 2.14. The van der Waals surface area contributed by atoms with Crippen LogP contribution in [0.4, 0.5) is 5.69 Å². The third-order valence-corrected chi connectivity index (χ3v) is 3.05. The maximum Gasteiger partial charge on any atom is 0.279 e. The SMILES string of the molecule is O=[N+]([O-])c1cccc2[nH]cc(/C=C/c3cccnc3)c12. The molecule has 0 unspecified atom stereocenters. The highest BCUT2D eigenvalue weighted by Crippen LogP contribution is 2.29. The van der Waals surface area contributed by atoms with E-state index in [-0.39, 0.29) is 10.6 Å². The van der Waals surface area contributed by atoms with Gasteiger partial charge in [-0.3, -0.25) is 15.1 Å². The number of hydrogen-bond acceptors (Lipinski definition) is 3. The van der Waals surface area contributed by atoms with Crippen LogP contribution in [0.15, 0.2) is 48.9 Å².